The Kier molecular flexibility index (Phi) is 3.39. The average molecular weight is 282 g/mol. The number of anilines is 2. The molecule has 1 aromatic carbocycles. The van der Waals surface area contributed by atoms with Crippen molar-refractivity contribution in [2.24, 2.45) is 0 Å². The maximum absolute atomic E-state index is 8.67. The Labute approximate surface area is 119 Å². The van der Waals surface area contributed by atoms with E-state index in [-0.39, 0.29) is 5.82 Å². The van der Waals surface area contributed by atoms with E-state index in [0.29, 0.717) is 6.54 Å². The van der Waals surface area contributed by atoms with E-state index < -0.39 is 0 Å². The van der Waals surface area contributed by atoms with Crippen LogP contribution in [-0.4, -0.2) is 19.7 Å². The van der Waals surface area contributed by atoms with Gasteiger partial charge in [-0.2, -0.15) is 5.26 Å². The van der Waals surface area contributed by atoms with Crippen LogP contribution < -0.4 is 5.32 Å². The minimum absolute atomic E-state index is 0.169. The number of rotatable bonds is 4. The largest absolute Gasteiger partial charge is 0.332 e. The summed E-state index contributed by atoms with van der Waals surface area (Å²) in [5.41, 5.74) is 1.88. The van der Waals surface area contributed by atoms with E-state index in [2.05, 4.69) is 20.4 Å². The van der Waals surface area contributed by atoms with Gasteiger partial charge in [-0.15, -0.1) is 16.4 Å². The highest BCUT2D eigenvalue weighted by atomic mass is 32.1. The van der Waals surface area contributed by atoms with Crippen LogP contribution in [0.15, 0.2) is 42.0 Å². The minimum Gasteiger partial charge on any atom is -0.332 e. The molecule has 0 unspecified atom stereocenters. The smallest absolute Gasteiger partial charge is 0.252 e. The highest BCUT2D eigenvalue weighted by molar-refractivity contribution is 7.13. The molecular weight excluding hydrogens is 272 g/mol. The van der Waals surface area contributed by atoms with Gasteiger partial charge in [0.25, 0.3) is 5.82 Å². The maximum Gasteiger partial charge on any atom is 0.252 e. The first-order chi connectivity index (χ1) is 9.83. The lowest BCUT2D eigenvalue weighted by molar-refractivity contribution is 0.672. The van der Waals surface area contributed by atoms with Gasteiger partial charge < -0.3 is 5.32 Å². The minimum atomic E-state index is 0.169. The molecule has 3 aromatic rings. The van der Waals surface area contributed by atoms with Crippen molar-refractivity contribution in [3.8, 4) is 6.07 Å². The molecule has 0 aliphatic rings. The van der Waals surface area contributed by atoms with Crippen molar-refractivity contribution in [1.82, 2.24) is 19.7 Å². The molecule has 0 amide bonds. The molecule has 0 radical (unpaired) electrons. The van der Waals surface area contributed by atoms with E-state index in [9.17, 15) is 0 Å². The molecule has 3 rings (SSSR count). The Hall–Kier alpha value is -2.72. The zero-order chi connectivity index (χ0) is 13.8. The summed E-state index contributed by atoms with van der Waals surface area (Å²) >= 11 is 1.53. The zero-order valence-corrected chi connectivity index (χ0v) is 11.2. The molecule has 2 aromatic heterocycles. The third-order valence-electron chi connectivity index (χ3n) is 2.54. The van der Waals surface area contributed by atoms with Gasteiger partial charge in [-0.3, -0.25) is 0 Å². The number of hydrogen-bond donors (Lipinski definition) is 1. The molecule has 2 heterocycles. The van der Waals surface area contributed by atoms with Gasteiger partial charge in [0.05, 0.1) is 12.2 Å². The first kappa shape index (κ1) is 12.3. The number of hydrogen-bond acceptors (Lipinski definition) is 6. The molecule has 0 aliphatic heterocycles. The van der Waals surface area contributed by atoms with Crippen LogP contribution in [0.3, 0.4) is 0 Å². The van der Waals surface area contributed by atoms with Gasteiger partial charge in [-0.05, 0) is 12.1 Å². The molecular formula is C13H10N6S. The van der Waals surface area contributed by atoms with Gasteiger partial charge in [0.15, 0.2) is 5.13 Å². The summed E-state index contributed by atoms with van der Waals surface area (Å²) in [6.45, 7) is 0.502. The predicted octanol–water partition coefficient (Wildman–Crippen LogP) is 2.40. The van der Waals surface area contributed by atoms with Crippen LogP contribution in [-0.2, 0) is 6.54 Å². The molecule has 0 atom stereocenters. The molecule has 0 fully saturated rings. The van der Waals surface area contributed by atoms with Crippen molar-refractivity contribution in [2.75, 3.05) is 5.32 Å². The maximum atomic E-state index is 8.67. The molecule has 0 saturated heterocycles. The average Bonchev–Trinajstić information content (AvgIpc) is 3.10. The topological polar surface area (TPSA) is 79.4 Å². The van der Waals surface area contributed by atoms with E-state index in [0.717, 1.165) is 16.5 Å². The molecule has 0 saturated carbocycles. The Balaban J connectivity index is 1.69. The SMILES string of the molecule is N#Cc1ncn(Cc2csc(Nc3ccccc3)n2)n1. The van der Waals surface area contributed by atoms with Crippen LogP contribution >= 0.6 is 11.3 Å². The quantitative estimate of drug-likeness (QED) is 0.794. The second-order valence-electron chi connectivity index (χ2n) is 4.01. The standard InChI is InChI=1S/C13H10N6S/c14-6-12-15-9-19(18-12)7-11-8-20-13(17-11)16-10-4-2-1-3-5-10/h1-5,8-9H,7H2,(H,16,17). The lowest BCUT2D eigenvalue weighted by Crippen LogP contribution is -2.01. The fraction of sp³-hybridized carbons (Fsp3) is 0.0769. The fourth-order valence-corrected chi connectivity index (χ4v) is 2.39. The van der Waals surface area contributed by atoms with Crippen LogP contribution in [0.2, 0.25) is 0 Å². The van der Waals surface area contributed by atoms with E-state index in [1.807, 2.05) is 41.8 Å². The Morgan fingerprint density at radius 3 is 2.90 bits per heavy atom. The van der Waals surface area contributed by atoms with Crippen molar-refractivity contribution in [1.29, 1.82) is 5.26 Å². The summed E-state index contributed by atoms with van der Waals surface area (Å²) in [7, 11) is 0. The second kappa shape index (κ2) is 5.50. The molecule has 6 nitrogen and oxygen atoms in total. The van der Waals surface area contributed by atoms with Gasteiger partial charge >= 0.3 is 0 Å². The normalized spacial score (nSPS) is 10.2. The third kappa shape index (κ3) is 2.81. The number of thiazole rings is 1. The van der Waals surface area contributed by atoms with Gasteiger partial charge in [-0.1, -0.05) is 18.2 Å². The summed E-state index contributed by atoms with van der Waals surface area (Å²) in [6.07, 6.45) is 1.53. The Morgan fingerprint density at radius 1 is 1.30 bits per heavy atom. The zero-order valence-electron chi connectivity index (χ0n) is 10.4. The lowest BCUT2D eigenvalue weighted by atomic mass is 10.3. The monoisotopic (exact) mass is 282 g/mol. The molecule has 0 aliphatic carbocycles. The van der Waals surface area contributed by atoms with Crippen LogP contribution in [0.1, 0.15) is 11.5 Å². The predicted molar refractivity (Wildman–Crippen MR) is 75.7 cm³/mol. The highest BCUT2D eigenvalue weighted by Crippen LogP contribution is 2.20. The van der Waals surface area contributed by atoms with Crippen molar-refractivity contribution < 1.29 is 0 Å². The van der Waals surface area contributed by atoms with E-state index in [4.69, 9.17) is 5.26 Å². The number of aromatic nitrogens is 4. The van der Waals surface area contributed by atoms with E-state index in [1.165, 1.54) is 17.7 Å². The lowest BCUT2D eigenvalue weighted by Gasteiger charge is -2.00. The Bertz CT molecular complexity index is 740. The van der Waals surface area contributed by atoms with Crippen molar-refractivity contribution >= 4 is 22.2 Å². The van der Waals surface area contributed by atoms with Crippen LogP contribution in [0, 0.1) is 11.3 Å². The Morgan fingerprint density at radius 2 is 2.15 bits per heavy atom. The summed E-state index contributed by atoms with van der Waals surface area (Å²) in [4.78, 5) is 8.33. The van der Waals surface area contributed by atoms with Crippen molar-refractivity contribution in [3.63, 3.8) is 0 Å². The number of para-hydroxylation sites is 1. The molecule has 1 N–H and O–H groups in total. The third-order valence-corrected chi connectivity index (χ3v) is 3.34. The molecule has 7 heteroatoms. The first-order valence-electron chi connectivity index (χ1n) is 5.89. The van der Waals surface area contributed by atoms with Crippen LogP contribution in [0.4, 0.5) is 10.8 Å². The number of nitrogens with zero attached hydrogens (tertiary/aromatic N) is 5. The number of nitriles is 1. The molecule has 0 bridgehead atoms. The van der Waals surface area contributed by atoms with Crippen molar-refractivity contribution in [3.05, 3.63) is 53.6 Å². The molecule has 0 spiro atoms. The second-order valence-corrected chi connectivity index (χ2v) is 4.87. The summed E-state index contributed by atoms with van der Waals surface area (Å²) in [5.74, 6) is 0.169. The van der Waals surface area contributed by atoms with Gasteiger partial charge in [-0.25, -0.2) is 14.6 Å². The molecule has 20 heavy (non-hydrogen) atoms. The van der Waals surface area contributed by atoms with Crippen LogP contribution in [0.25, 0.3) is 0 Å². The van der Waals surface area contributed by atoms with E-state index >= 15 is 0 Å². The summed E-state index contributed by atoms with van der Waals surface area (Å²) < 4.78 is 1.60. The summed E-state index contributed by atoms with van der Waals surface area (Å²) in [5, 5.41) is 18.7. The summed E-state index contributed by atoms with van der Waals surface area (Å²) in [6, 6.07) is 11.8. The first-order valence-corrected chi connectivity index (χ1v) is 6.77. The molecule has 98 valence electrons. The van der Waals surface area contributed by atoms with Gasteiger partial charge in [0, 0.05) is 11.1 Å². The highest BCUT2D eigenvalue weighted by Gasteiger charge is 2.05. The van der Waals surface area contributed by atoms with Crippen molar-refractivity contribution in [2.45, 2.75) is 6.54 Å². The number of nitrogens with one attached hydrogen (secondary N) is 1. The van der Waals surface area contributed by atoms with Gasteiger partial charge in [0.1, 0.15) is 12.4 Å². The van der Waals surface area contributed by atoms with Crippen LogP contribution in [0.5, 0.6) is 0 Å². The fourth-order valence-electron chi connectivity index (χ4n) is 1.67. The van der Waals surface area contributed by atoms with Gasteiger partial charge in [0.2, 0.25) is 0 Å². The van der Waals surface area contributed by atoms with E-state index in [1.54, 1.807) is 4.68 Å². The number of benzene rings is 1.